The second-order valence-corrected chi connectivity index (χ2v) is 7.92. The number of thioether (sulfide) groups is 1. The van der Waals surface area contributed by atoms with Gasteiger partial charge in [-0.15, -0.1) is 0 Å². The molecule has 3 rings (SSSR count). The summed E-state index contributed by atoms with van der Waals surface area (Å²) in [6.45, 7) is 1.82. The third-order valence-corrected chi connectivity index (χ3v) is 5.50. The van der Waals surface area contributed by atoms with Gasteiger partial charge in [0.1, 0.15) is 19.0 Å². The maximum absolute atomic E-state index is 13.1. The van der Waals surface area contributed by atoms with Gasteiger partial charge >= 0.3 is 5.97 Å². The Morgan fingerprint density at radius 1 is 1.19 bits per heavy atom. The molecule has 0 spiro atoms. The van der Waals surface area contributed by atoms with Gasteiger partial charge in [-0.2, -0.15) is 0 Å². The standard InChI is InChI=1S/C22H19ClFNO6S/c1-3-30-17-9-14(10-18-21(27)25(22(28)32-18)11-19(26)29-2)8-16(23)20(17)31-12-13-4-6-15(24)7-5-13/h4-10H,3,11-12H2,1-2H3/b18-10-. The van der Waals surface area contributed by atoms with Crippen molar-refractivity contribution in [1.82, 2.24) is 4.90 Å². The lowest BCUT2D eigenvalue weighted by Gasteiger charge is -2.15. The highest BCUT2D eigenvalue weighted by Gasteiger charge is 2.36. The zero-order valence-electron chi connectivity index (χ0n) is 17.2. The number of methoxy groups -OCH3 is 1. The van der Waals surface area contributed by atoms with Crippen LogP contribution in [0.2, 0.25) is 5.02 Å². The average Bonchev–Trinajstić information content (AvgIpc) is 3.01. The fourth-order valence-electron chi connectivity index (χ4n) is 2.79. The molecule has 1 heterocycles. The molecule has 2 aromatic carbocycles. The number of carbonyl (C=O) groups excluding carboxylic acids is 3. The highest BCUT2D eigenvalue weighted by Crippen LogP contribution is 2.39. The Hall–Kier alpha value is -3.04. The number of rotatable bonds is 8. The van der Waals surface area contributed by atoms with Gasteiger partial charge in [0.2, 0.25) is 0 Å². The van der Waals surface area contributed by atoms with Crippen molar-refractivity contribution < 1.29 is 33.0 Å². The molecule has 0 radical (unpaired) electrons. The van der Waals surface area contributed by atoms with E-state index in [4.69, 9.17) is 21.1 Å². The van der Waals surface area contributed by atoms with Gasteiger partial charge in [0, 0.05) is 0 Å². The van der Waals surface area contributed by atoms with E-state index in [1.165, 1.54) is 25.3 Å². The lowest BCUT2D eigenvalue weighted by molar-refractivity contribution is -0.143. The highest BCUT2D eigenvalue weighted by atomic mass is 35.5. The summed E-state index contributed by atoms with van der Waals surface area (Å²) in [7, 11) is 1.17. The number of ether oxygens (including phenoxy) is 3. The first-order chi connectivity index (χ1) is 15.3. The molecule has 1 fully saturated rings. The van der Waals surface area contributed by atoms with Crippen molar-refractivity contribution in [3.8, 4) is 11.5 Å². The average molecular weight is 480 g/mol. The van der Waals surface area contributed by atoms with Crippen molar-refractivity contribution in [2.24, 2.45) is 0 Å². The number of amides is 2. The summed E-state index contributed by atoms with van der Waals surface area (Å²) >= 11 is 7.12. The number of esters is 1. The molecule has 32 heavy (non-hydrogen) atoms. The van der Waals surface area contributed by atoms with Gasteiger partial charge in [-0.3, -0.25) is 19.3 Å². The zero-order chi connectivity index (χ0) is 23.3. The van der Waals surface area contributed by atoms with Crippen LogP contribution in [0.4, 0.5) is 9.18 Å². The number of hydrogen-bond donors (Lipinski definition) is 0. The second-order valence-electron chi connectivity index (χ2n) is 6.52. The SMILES string of the molecule is CCOc1cc(/C=C2\SC(=O)N(CC(=O)OC)C2=O)cc(Cl)c1OCc1ccc(F)cc1. The maximum Gasteiger partial charge on any atom is 0.325 e. The molecule has 1 saturated heterocycles. The molecule has 2 aromatic rings. The summed E-state index contributed by atoms with van der Waals surface area (Å²) in [5, 5.41) is -0.333. The molecule has 10 heteroatoms. The number of imide groups is 1. The topological polar surface area (TPSA) is 82.1 Å². The van der Waals surface area contributed by atoms with Crippen molar-refractivity contribution in [3.05, 3.63) is 63.3 Å². The Balaban J connectivity index is 1.83. The predicted molar refractivity (Wildman–Crippen MR) is 118 cm³/mol. The van der Waals surface area contributed by atoms with E-state index in [1.807, 2.05) is 0 Å². The summed E-state index contributed by atoms with van der Waals surface area (Å²) < 4.78 is 29.0. The van der Waals surface area contributed by atoms with Crippen LogP contribution in [0.25, 0.3) is 6.08 Å². The molecule has 0 aromatic heterocycles. The van der Waals surface area contributed by atoms with Gasteiger partial charge in [-0.05, 0) is 60.2 Å². The van der Waals surface area contributed by atoms with E-state index in [1.54, 1.807) is 31.2 Å². The number of benzene rings is 2. The Morgan fingerprint density at radius 2 is 1.91 bits per heavy atom. The first-order valence-corrected chi connectivity index (χ1v) is 10.7. The minimum atomic E-state index is -0.696. The Kier molecular flexibility index (Phi) is 7.76. The maximum atomic E-state index is 13.1. The molecular formula is C22H19ClFNO6S. The van der Waals surface area contributed by atoms with Crippen LogP contribution in [0.3, 0.4) is 0 Å². The fraction of sp³-hybridized carbons (Fsp3) is 0.227. The van der Waals surface area contributed by atoms with Gasteiger partial charge in [0.05, 0.1) is 23.6 Å². The minimum Gasteiger partial charge on any atom is -0.490 e. The quantitative estimate of drug-likeness (QED) is 0.402. The third kappa shape index (κ3) is 5.60. The summed E-state index contributed by atoms with van der Waals surface area (Å²) in [6, 6.07) is 9.06. The van der Waals surface area contributed by atoms with Crippen molar-refractivity contribution >= 4 is 46.6 Å². The molecule has 7 nitrogen and oxygen atoms in total. The minimum absolute atomic E-state index is 0.136. The van der Waals surface area contributed by atoms with Crippen LogP contribution >= 0.6 is 23.4 Å². The van der Waals surface area contributed by atoms with Crippen LogP contribution in [0.5, 0.6) is 11.5 Å². The van der Waals surface area contributed by atoms with Gasteiger partial charge in [-0.1, -0.05) is 23.7 Å². The van der Waals surface area contributed by atoms with Gasteiger partial charge in [0.25, 0.3) is 11.1 Å². The number of nitrogens with zero attached hydrogens (tertiary/aromatic N) is 1. The molecule has 2 amide bonds. The zero-order valence-corrected chi connectivity index (χ0v) is 18.8. The van der Waals surface area contributed by atoms with Crippen molar-refractivity contribution in [2.45, 2.75) is 13.5 Å². The molecule has 0 atom stereocenters. The summed E-state index contributed by atoms with van der Waals surface area (Å²) in [5.74, 6) is -0.993. The van der Waals surface area contributed by atoms with E-state index in [0.29, 0.717) is 35.4 Å². The Bertz CT molecular complexity index is 1070. The molecule has 0 unspecified atom stereocenters. The molecule has 1 aliphatic rings. The Morgan fingerprint density at radius 3 is 2.56 bits per heavy atom. The monoisotopic (exact) mass is 479 g/mol. The third-order valence-electron chi connectivity index (χ3n) is 4.31. The second kappa shape index (κ2) is 10.5. The van der Waals surface area contributed by atoms with Crippen LogP contribution < -0.4 is 9.47 Å². The van der Waals surface area contributed by atoms with E-state index in [-0.39, 0.29) is 22.4 Å². The van der Waals surface area contributed by atoms with E-state index in [0.717, 1.165) is 10.5 Å². The molecule has 0 N–H and O–H groups in total. The Labute approximate surface area is 193 Å². The number of carbonyl (C=O) groups is 3. The first-order valence-electron chi connectivity index (χ1n) is 9.48. The molecule has 0 saturated carbocycles. The first kappa shape index (κ1) is 23.6. The van der Waals surface area contributed by atoms with Crippen LogP contribution in [-0.4, -0.2) is 42.3 Å². The molecule has 0 bridgehead atoms. The molecular weight excluding hydrogens is 461 g/mol. The smallest absolute Gasteiger partial charge is 0.325 e. The number of halogens is 2. The van der Waals surface area contributed by atoms with Crippen LogP contribution in [0.15, 0.2) is 41.3 Å². The summed E-state index contributed by atoms with van der Waals surface area (Å²) in [6.07, 6.45) is 1.49. The van der Waals surface area contributed by atoms with E-state index in [9.17, 15) is 18.8 Å². The van der Waals surface area contributed by atoms with Crippen molar-refractivity contribution in [2.75, 3.05) is 20.3 Å². The van der Waals surface area contributed by atoms with Crippen LogP contribution in [-0.2, 0) is 20.9 Å². The highest BCUT2D eigenvalue weighted by molar-refractivity contribution is 8.18. The largest absolute Gasteiger partial charge is 0.490 e. The van der Waals surface area contributed by atoms with Crippen molar-refractivity contribution in [1.29, 1.82) is 0 Å². The summed E-state index contributed by atoms with van der Waals surface area (Å²) in [5.41, 5.74) is 1.25. The van der Waals surface area contributed by atoms with E-state index in [2.05, 4.69) is 4.74 Å². The number of hydrogen-bond acceptors (Lipinski definition) is 7. The summed E-state index contributed by atoms with van der Waals surface area (Å²) in [4.78, 5) is 37.0. The predicted octanol–water partition coefficient (Wildman–Crippen LogP) is 4.67. The lowest BCUT2D eigenvalue weighted by Crippen LogP contribution is -2.34. The van der Waals surface area contributed by atoms with Crippen LogP contribution in [0.1, 0.15) is 18.1 Å². The fourth-order valence-corrected chi connectivity index (χ4v) is 3.90. The van der Waals surface area contributed by atoms with Crippen molar-refractivity contribution in [3.63, 3.8) is 0 Å². The van der Waals surface area contributed by atoms with Gasteiger partial charge in [-0.25, -0.2) is 4.39 Å². The molecule has 168 valence electrons. The van der Waals surface area contributed by atoms with Crippen LogP contribution in [0, 0.1) is 5.82 Å². The molecule has 1 aliphatic heterocycles. The molecule has 0 aliphatic carbocycles. The lowest BCUT2D eigenvalue weighted by atomic mass is 10.1. The van der Waals surface area contributed by atoms with E-state index >= 15 is 0 Å². The normalized spacial score (nSPS) is 14.8. The van der Waals surface area contributed by atoms with E-state index < -0.39 is 23.7 Å². The van der Waals surface area contributed by atoms with Gasteiger partial charge < -0.3 is 14.2 Å². The van der Waals surface area contributed by atoms with Gasteiger partial charge in [0.15, 0.2) is 11.5 Å².